The normalized spacial score (nSPS) is 12.0. The number of benzene rings is 2. The van der Waals surface area contributed by atoms with Gasteiger partial charge in [0.05, 0.1) is 19.1 Å². The molecule has 3 atom stereocenters. The van der Waals surface area contributed by atoms with Crippen molar-refractivity contribution in [3.8, 4) is 5.75 Å². The van der Waals surface area contributed by atoms with Crippen LogP contribution in [0.5, 0.6) is 5.75 Å². The van der Waals surface area contributed by atoms with Gasteiger partial charge in [0, 0.05) is 24.6 Å². The number of nitrogens with zero attached hydrogens (tertiary/aromatic N) is 1. The summed E-state index contributed by atoms with van der Waals surface area (Å²) >= 11 is 0. The van der Waals surface area contributed by atoms with Crippen LogP contribution in [0.15, 0.2) is 48.5 Å². The van der Waals surface area contributed by atoms with Crippen molar-refractivity contribution in [2.75, 3.05) is 19.6 Å². The number of rotatable bonds is 12. The number of phenolic OH excluding ortho intramolecular Hbond substituents is 1. The van der Waals surface area contributed by atoms with Crippen LogP contribution in [0.3, 0.4) is 0 Å². The molecular weight excluding hydrogens is 616 g/mol. The molecule has 3 amide bonds. The number of aliphatic hydroxyl groups is 1. The molecule has 2 aromatic carbocycles. The molecular formula is C38H65F2N3O5. The number of amides is 3. The molecule has 0 spiro atoms. The monoisotopic (exact) mass is 681 g/mol. The van der Waals surface area contributed by atoms with Gasteiger partial charge in [0.1, 0.15) is 5.75 Å². The molecule has 0 saturated heterocycles. The number of aromatic hydroxyl groups is 1. The maximum Gasteiger partial charge on any atom is 0.262 e. The van der Waals surface area contributed by atoms with Gasteiger partial charge in [-0.05, 0) is 49.8 Å². The van der Waals surface area contributed by atoms with Crippen molar-refractivity contribution < 1.29 is 33.4 Å². The summed E-state index contributed by atoms with van der Waals surface area (Å²) in [6.07, 6.45) is -0.922. The number of alkyl halides is 2. The number of phenols is 1. The highest BCUT2D eigenvalue weighted by atomic mass is 19.3. The zero-order chi connectivity index (χ0) is 38.0. The smallest absolute Gasteiger partial charge is 0.262 e. The maximum atomic E-state index is 13.7. The lowest BCUT2D eigenvalue weighted by Gasteiger charge is -2.30. The minimum atomic E-state index is -3.30. The van der Waals surface area contributed by atoms with E-state index in [2.05, 4.69) is 31.4 Å². The molecule has 276 valence electrons. The average molecular weight is 682 g/mol. The first-order valence-electron chi connectivity index (χ1n) is 17.2. The Balaban J connectivity index is -0.00000121. The van der Waals surface area contributed by atoms with Gasteiger partial charge in [-0.3, -0.25) is 14.4 Å². The highest BCUT2D eigenvalue weighted by Crippen LogP contribution is 2.23. The molecule has 0 aromatic heterocycles. The summed E-state index contributed by atoms with van der Waals surface area (Å²) in [7, 11) is 0. The van der Waals surface area contributed by atoms with Gasteiger partial charge < -0.3 is 25.7 Å². The van der Waals surface area contributed by atoms with Crippen LogP contribution in [-0.4, -0.2) is 70.5 Å². The summed E-state index contributed by atoms with van der Waals surface area (Å²) < 4.78 is 27.5. The van der Waals surface area contributed by atoms with Crippen LogP contribution in [0, 0.1) is 25.7 Å². The number of nitrogens with one attached hydrogen (secondary N) is 2. The molecule has 0 saturated carbocycles. The second-order valence-electron chi connectivity index (χ2n) is 11.9. The number of aryl methyl sites for hydroxylation is 1. The molecule has 2 aromatic rings. The Morgan fingerprint density at radius 1 is 0.875 bits per heavy atom. The average Bonchev–Trinajstić information content (AvgIpc) is 3.05. The van der Waals surface area contributed by atoms with E-state index in [-0.39, 0.29) is 23.7 Å². The molecule has 0 aliphatic carbocycles. The van der Waals surface area contributed by atoms with E-state index >= 15 is 0 Å². The zero-order valence-corrected chi connectivity index (χ0v) is 31.8. The predicted octanol–water partition coefficient (Wildman–Crippen LogP) is 7.93. The number of carbonyl (C=O) groups is 3. The Kier molecular flexibility index (Phi) is 27.9. The van der Waals surface area contributed by atoms with E-state index in [4.69, 9.17) is 0 Å². The van der Waals surface area contributed by atoms with Crippen molar-refractivity contribution in [1.82, 2.24) is 15.5 Å². The Labute approximate surface area is 289 Å². The third kappa shape index (κ3) is 22.9. The highest BCUT2D eigenvalue weighted by molar-refractivity contribution is 5.97. The summed E-state index contributed by atoms with van der Waals surface area (Å²) in [6.45, 7) is 22.5. The molecule has 10 heteroatoms. The molecule has 0 bridgehead atoms. The molecule has 2 unspecified atom stereocenters. The van der Waals surface area contributed by atoms with Crippen LogP contribution in [0.1, 0.15) is 110 Å². The molecule has 0 aliphatic heterocycles. The van der Waals surface area contributed by atoms with E-state index < -0.39 is 48.9 Å². The van der Waals surface area contributed by atoms with E-state index in [1.807, 2.05) is 77.9 Å². The molecule has 8 nitrogen and oxygen atoms in total. The SMILES string of the molecule is CC.CC.CC(C)C.CCC(NC(=O)c1cc(C)cc(O)c1C)C(O)C(=O)N(CC(=O)NC[C@@H](C)CC)CC(C)(F)F.c1ccccc1. The number of hydrogen-bond acceptors (Lipinski definition) is 5. The summed E-state index contributed by atoms with van der Waals surface area (Å²) in [6, 6.07) is 14.0. The Morgan fingerprint density at radius 2 is 1.33 bits per heavy atom. The van der Waals surface area contributed by atoms with Crippen LogP contribution >= 0.6 is 0 Å². The Bertz CT molecular complexity index is 1110. The summed E-state index contributed by atoms with van der Waals surface area (Å²) in [5.74, 6) is -4.70. The second kappa shape index (κ2) is 27.4. The van der Waals surface area contributed by atoms with Crippen LogP contribution in [0.25, 0.3) is 0 Å². The highest BCUT2D eigenvalue weighted by Gasteiger charge is 2.36. The molecule has 0 heterocycles. The number of hydrogen-bond donors (Lipinski definition) is 4. The van der Waals surface area contributed by atoms with Gasteiger partial charge in [0.2, 0.25) is 5.91 Å². The molecule has 2 rings (SSSR count). The van der Waals surface area contributed by atoms with Crippen molar-refractivity contribution >= 4 is 17.7 Å². The third-order valence-electron chi connectivity index (χ3n) is 6.29. The molecule has 4 N–H and O–H groups in total. The lowest BCUT2D eigenvalue weighted by molar-refractivity contribution is -0.149. The number of aliphatic hydroxyl groups excluding tert-OH is 1. The molecule has 0 aliphatic rings. The third-order valence-corrected chi connectivity index (χ3v) is 6.29. The van der Waals surface area contributed by atoms with Gasteiger partial charge in [-0.15, -0.1) is 0 Å². The summed E-state index contributed by atoms with van der Waals surface area (Å²) in [5.41, 5.74) is 1.12. The molecule has 0 radical (unpaired) electrons. The van der Waals surface area contributed by atoms with Crippen molar-refractivity contribution in [2.24, 2.45) is 11.8 Å². The van der Waals surface area contributed by atoms with Gasteiger partial charge >= 0.3 is 0 Å². The van der Waals surface area contributed by atoms with E-state index in [0.717, 1.165) is 12.3 Å². The fourth-order valence-electron chi connectivity index (χ4n) is 3.68. The van der Waals surface area contributed by atoms with Gasteiger partial charge in [-0.1, -0.05) is 112 Å². The molecule has 48 heavy (non-hydrogen) atoms. The van der Waals surface area contributed by atoms with E-state index in [1.165, 1.54) is 6.07 Å². The van der Waals surface area contributed by atoms with Gasteiger partial charge in [0.15, 0.2) is 6.10 Å². The minimum Gasteiger partial charge on any atom is -0.508 e. The van der Waals surface area contributed by atoms with Crippen molar-refractivity contribution in [3.05, 3.63) is 65.2 Å². The topological polar surface area (TPSA) is 119 Å². The van der Waals surface area contributed by atoms with E-state index in [9.17, 15) is 33.4 Å². The minimum absolute atomic E-state index is 0.0745. The van der Waals surface area contributed by atoms with E-state index in [0.29, 0.717) is 29.5 Å². The van der Waals surface area contributed by atoms with Crippen LogP contribution in [-0.2, 0) is 9.59 Å². The molecule has 0 fully saturated rings. The Morgan fingerprint density at radius 3 is 1.73 bits per heavy atom. The second-order valence-corrected chi connectivity index (χ2v) is 11.9. The van der Waals surface area contributed by atoms with Crippen molar-refractivity contribution in [1.29, 1.82) is 0 Å². The lowest BCUT2D eigenvalue weighted by Crippen LogP contribution is -2.55. The fraction of sp³-hybridized carbons (Fsp3) is 0.605. The zero-order valence-electron chi connectivity index (χ0n) is 31.8. The fourth-order valence-corrected chi connectivity index (χ4v) is 3.68. The van der Waals surface area contributed by atoms with Gasteiger partial charge in [-0.25, -0.2) is 8.78 Å². The first-order valence-corrected chi connectivity index (χ1v) is 17.2. The lowest BCUT2D eigenvalue weighted by atomic mass is 10.0. The summed E-state index contributed by atoms with van der Waals surface area (Å²) in [4.78, 5) is 38.6. The summed E-state index contributed by atoms with van der Waals surface area (Å²) in [5, 5.41) is 25.8. The maximum absolute atomic E-state index is 13.7. The van der Waals surface area contributed by atoms with Gasteiger partial charge in [0.25, 0.3) is 17.7 Å². The predicted molar refractivity (Wildman–Crippen MR) is 194 cm³/mol. The van der Waals surface area contributed by atoms with Crippen LogP contribution < -0.4 is 10.6 Å². The van der Waals surface area contributed by atoms with Crippen molar-refractivity contribution in [2.45, 2.75) is 121 Å². The van der Waals surface area contributed by atoms with Crippen molar-refractivity contribution in [3.63, 3.8) is 0 Å². The Hall–Kier alpha value is -3.53. The largest absolute Gasteiger partial charge is 0.508 e. The number of halogens is 2. The first-order chi connectivity index (χ1) is 22.4. The standard InChI is InChI=1S/C24H37F2N3O5.C6H6.C4H10.2C2H6/c1-7-14(3)11-27-20(31)12-29(13-24(6,25)26)23(34)21(32)18(8-2)28-22(33)17-9-15(4)10-19(30)16(17)5;1-2-4-6-5-3-1;1-4(2)3;2*1-2/h9-10,14,18,21,30,32H,7-8,11-13H2,1-6H3,(H,27,31)(H,28,33);1-6H;4H,1-3H3;2*1-2H3/t14-,18?,21?;;;;/m0..../s1. The van der Waals surface area contributed by atoms with Crippen LogP contribution in [0.2, 0.25) is 0 Å². The number of carbonyl (C=O) groups excluding carboxylic acids is 3. The van der Waals surface area contributed by atoms with Gasteiger partial charge in [-0.2, -0.15) is 0 Å². The quantitative estimate of drug-likeness (QED) is 0.182. The van der Waals surface area contributed by atoms with Crippen LogP contribution in [0.4, 0.5) is 8.78 Å². The van der Waals surface area contributed by atoms with E-state index in [1.54, 1.807) is 26.8 Å². The first kappa shape index (κ1) is 48.9.